The van der Waals surface area contributed by atoms with Crippen molar-refractivity contribution in [1.29, 1.82) is 0 Å². The smallest absolute Gasteiger partial charge is 0.405 e. The molecular weight excluding hydrogens is 474 g/mol. The van der Waals surface area contributed by atoms with E-state index in [2.05, 4.69) is 20.4 Å². The molecule has 3 aliphatic rings. The number of benzene rings is 1. The quantitative estimate of drug-likeness (QED) is 0.380. The van der Waals surface area contributed by atoms with Gasteiger partial charge in [0.1, 0.15) is 5.75 Å². The Balaban J connectivity index is 0.00000210. The van der Waals surface area contributed by atoms with E-state index in [1.165, 1.54) is 6.07 Å². The van der Waals surface area contributed by atoms with Crippen molar-refractivity contribution in [2.75, 3.05) is 7.05 Å². The lowest BCUT2D eigenvalue weighted by molar-refractivity contribution is -0.274. The van der Waals surface area contributed by atoms with E-state index >= 15 is 0 Å². The van der Waals surface area contributed by atoms with Crippen LogP contribution in [0.1, 0.15) is 37.2 Å². The predicted octanol–water partition coefficient (Wildman–Crippen LogP) is 3.54. The fourth-order valence-corrected chi connectivity index (χ4v) is 4.01. The van der Waals surface area contributed by atoms with Crippen molar-refractivity contribution in [3.8, 4) is 5.75 Å². The zero-order valence-corrected chi connectivity index (χ0v) is 17.2. The molecule has 27 heavy (non-hydrogen) atoms. The van der Waals surface area contributed by atoms with Gasteiger partial charge in [-0.05, 0) is 37.3 Å². The molecule has 1 aromatic carbocycles. The maximum atomic E-state index is 12.6. The monoisotopic (exact) mass is 497 g/mol. The molecule has 4 rings (SSSR count). The molecule has 2 heterocycles. The van der Waals surface area contributed by atoms with Gasteiger partial charge in [0.15, 0.2) is 5.96 Å². The van der Waals surface area contributed by atoms with Crippen molar-refractivity contribution in [2.45, 2.75) is 62.3 Å². The Labute approximate surface area is 173 Å². The van der Waals surface area contributed by atoms with Crippen LogP contribution in [-0.4, -0.2) is 43.7 Å². The molecule has 5 unspecified atom stereocenters. The van der Waals surface area contributed by atoms with E-state index in [1.807, 2.05) is 0 Å². The van der Waals surface area contributed by atoms with Crippen molar-refractivity contribution in [3.05, 3.63) is 29.8 Å². The zero-order valence-electron chi connectivity index (χ0n) is 14.8. The molecule has 2 bridgehead atoms. The third-order valence-electron chi connectivity index (χ3n) is 5.31. The second-order valence-electron chi connectivity index (χ2n) is 7.11. The van der Waals surface area contributed by atoms with Crippen LogP contribution in [0.2, 0.25) is 0 Å². The Hall–Kier alpha value is -1.23. The van der Waals surface area contributed by atoms with Crippen LogP contribution in [0.5, 0.6) is 5.75 Å². The second-order valence-corrected chi connectivity index (χ2v) is 7.11. The van der Waals surface area contributed by atoms with Crippen LogP contribution in [0.4, 0.5) is 13.2 Å². The molecule has 5 atom stereocenters. The molecular formula is C18H23F3IN3O2. The molecule has 0 radical (unpaired) electrons. The number of guanidine groups is 1. The van der Waals surface area contributed by atoms with Gasteiger partial charge < -0.3 is 20.1 Å². The number of halogens is 4. The van der Waals surface area contributed by atoms with E-state index < -0.39 is 6.36 Å². The summed E-state index contributed by atoms with van der Waals surface area (Å²) in [4.78, 5) is 4.25. The first kappa shape index (κ1) is 20.5. The second kappa shape index (κ2) is 8.02. The standard InChI is InChI=1S/C18H22F3N3O2.HI/c1-22-17(24-14-8-10-6-7-16(14)25-10)23-13-9-12(13)11-4-2-3-5-15(11)26-18(19,20)21;/h2-5,10,12-14,16H,6-9H2,1H3,(H2,22,23,24);1H. The van der Waals surface area contributed by atoms with Crippen LogP contribution in [0.3, 0.4) is 0 Å². The molecule has 0 spiro atoms. The Morgan fingerprint density at radius 1 is 1.15 bits per heavy atom. The third-order valence-corrected chi connectivity index (χ3v) is 5.31. The van der Waals surface area contributed by atoms with Crippen LogP contribution in [0.25, 0.3) is 0 Å². The number of hydrogen-bond donors (Lipinski definition) is 2. The third kappa shape index (κ3) is 4.79. The molecule has 2 N–H and O–H groups in total. The summed E-state index contributed by atoms with van der Waals surface area (Å²) in [5.74, 6) is 0.523. The molecule has 0 aromatic heterocycles. The van der Waals surface area contributed by atoms with E-state index in [4.69, 9.17) is 4.74 Å². The molecule has 3 fully saturated rings. The van der Waals surface area contributed by atoms with Gasteiger partial charge in [-0.3, -0.25) is 4.99 Å². The van der Waals surface area contributed by atoms with Crippen molar-refractivity contribution >= 4 is 29.9 Å². The van der Waals surface area contributed by atoms with Crippen LogP contribution in [0, 0.1) is 0 Å². The molecule has 0 amide bonds. The van der Waals surface area contributed by atoms with Crippen molar-refractivity contribution in [3.63, 3.8) is 0 Å². The molecule has 150 valence electrons. The predicted molar refractivity (Wildman–Crippen MR) is 106 cm³/mol. The van der Waals surface area contributed by atoms with Crippen molar-refractivity contribution in [2.24, 2.45) is 4.99 Å². The highest BCUT2D eigenvalue weighted by molar-refractivity contribution is 14.0. The number of alkyl halides is 3. The van der Waals surface area contributed by atoms with Gasteiger partial charge in [-0.1, -0.05) is 18.2 Å². The normalized spacial score (nSPS) is 32.0. The Kier molecular flexibility index (Phi) is 6.09. The van der Waals surface area contributed by atoms with E-state index in [0.717, 1.165) is 25.7 Å². The Morgan fingerprint density at radius 2 is 1.89 bits per heavy atom. The molecule has 5 nitrogen and oxygen atoms in total. The fourth-order valence-electron chi connectivity index (χ4n) is 4.01. The Bertz CT molecular complexity index is 701. The van der Waals surface area contributed by atoms with E-state index in [-0.39, 0.29) is 53.8 Å². The number of hydrogen-bond acceptors (Lipinski definition) is 3. The van der Waals surface area contributed by atoms with Crippen molar-refractivity contribution in [1.82, 2.24) is 10.6 Å². The molecule has 1 aromatic rings. The summed E-state index contributed by atoms with van der Waals surface area (Å²) < 4.78 is 47.8. The minimum atomic E-state index is -4.69. The first-order valence-corrected chi connectivity index (χ1v) is 8.93. The van der Waals surface area contributed by atoms with E-state index in [0.29, 0.717) is 17.6 Å². The van der Waals surface area contributed by atoms with Gasteiger partial charge >= 0.3 is 6.36 Å². The number of nitrogens with zero attached hydrogens (tertiary/aromatic N) is 1. The average Bonchev–Trinajstić information content (AvgIpc) is 3.02. The first-order valence-electron chi connectivity index (χ1n) is 8.93. The van der Waals surface area contributed by atoms with Gasteiger partial charge in [-0.15, -0.1) is 37.1 Å². The minimum absolute atomic E-state index is 0. The highest BCUT2D eigenvalue weighted by Crippen LogP contribution is 2.45. The number of ether oxygens (including phenoxy) is 2. The Morgan fingerprint density at radius 3 is 2.52 bits per heavy atom. The van der Waals surface area contributed by atoms with Gasteiger partial charge in [0.25, 0.3) is 0 Å². The van der Waals surface area contributed by atoms with Crippen LogP contribution < -0.4 is 15.4 Å². The summed E-state index contributed by atoms with van der Waals surface area (Å²) in [7, 11) is 1.70. The van der Waals surface area contributed by atoms with Crippen molar-refractivity contribution < 1.29 is 22.6 Å². The first-order chi connectivity index (χ1) is 12.4. The van der Waals surface area contributed by atoms with E-state index in [9.17, 15) is 13.2 Å². The summed E-state index contributed by atoms with van der Waals surface area (Å²) in [6.07, 6.45) is -0.213. The van der Waals surface area contributed by atoms with Crippen LogP contribution in [0.15, 0.2) is 29.3 Å². The van der Waals surface area contributed by atoms with Gasteiger partial charge in [-0.2, -0.15) is 0 Å². The van der Waals surface area contributed by atoms with E-state index in [1.54, 1.807) is 25.2 Å². The molecule has 1 aliphatic carbocycles. The van der Waals surface area contributed by atoms with Crippen LogP contribution >= 0.6 is 24.0 Å². The maximum Gasteiger partial charge on any atom is 0.573 e. The topological polar surface area (TPSA) is 54.9 Å². The summed E-state index contributed by atoms with van der Waals surface area (Å²) >= 11 is 0. The molecule has 2 aliphatic heterocycles. The fraction of sp³-hybridized carbons (Fsp3) is 0.611. The lowest BCUT2D eigenvalue weighted by atomic mass is 9.96. The molecule has 9 heteroatoms. The number of fused-ring (bicyclic) bond motifs is 2. The number of para-hydroxylation sites is 1. The van der Waals surface area contributed by atoms with Gasteiger partial charge in [-0.25, -0.2) is 0 Å². The maximum absolute atomic E-state index is 12.6. The minimum Gasteiger partial charge on any atom is -0.405 e. The highest BCUT2D eigenvalue weighted by atomic mass is 127. The van der Waals surface area contributed by atoms with Gasteiger partial charge in [0, 0.05) is 19.0 Å². The largest absolute Gasteiger partial charge is 0.573 e. The van der Waals surface area contributed by atoms with Gasteiger partial charge in [0.05, 0.1) is 18.2 Å². The lowest BCUT2D eigenvalue weighted by Gasteiger charge is -2.22. The van der Waals surface area contributed by atoms with Gasteiger partial charge in [0.2, 0.25) is 0 Å². The lowest BCUT2D eigenvalue weighted by Crippen LogP contribution is -2.48. The molecule has 1 saturated carbocycles. The number of nitrogens with one attached hydrogen (secondary N) is 2. The summed E-state index contributed by atoms with van der Waals surface area (Å²) in [6, 6.07) is 6.61. The zero-order chi connectivity index (χ0) is 18.3. The summed E-state index contributed by atoms with van der Waals surface area (Å²) in [5.41, 5.74) is 0.570. The average molecular weight is 497 g/mol. The van der Waals surface area contributed by atoms with Crippen LogP contribution in [-0.2, 0) is 4.74 Å². The SMILES string of the molecule is CN=C(NC1CC2CCC1O2)NC1CC1c1ccccc1OC(F)(F)F.I. The summed E-state index contributed by atoms with van der Waals surface area (Å²) in [6.45, 7) is 0. The number of aliphatic imine (C=N–C) groups is 1. The molecule has 2 saturated heterocycles. The number of rotatable bonds is 4. The highest BCUT2D eigenvalue weighted by Gasteiger charge is 2.44. The summed E-state index contributed by atoms with van der Waals surface area (Å²) in [5, 5.41) is 6.71.